The zero-order valence-electron chi connectivity index (χ0n) is 12.6. The van der Waals surface area contributed by atoms with Gasteiger partial charge in [-0.05, 0) is 78.2 Å². The second kappa shape index (κ2) is 5.70. The molecule has 0 fully saturated rings. The van der Waals surface area contributed by atoms with Gasteiger partial charge in [0.15, 0.2) is 0 Å². The van der Waals surface area contributed by atoms with Crippen LogP contribution in [-0.2, 0) is 12.8 Å². The van der Waals surface area contributed by atoms with Crippen LogP contribution in [0.25, 0.3) is 22.2 Å². The third-order valence-corrected chi connectivity index (χ3v) is 5.22. The van der Waals surface area contributed by atoms with Crippen LogP contribution < -0.4 is 5.32 Å². The number of fused-ring (bicyclic) bond motifs is 5. The van der Waals surface area contributed by atoms with Crippen molar-refractivity contribution in [3.63, 3.8) is 0 Å². The molecule has 112 valence electrons. The van der Waals surface area contributed by atoms with E-state index in [4.69, 9.17) is 0 Å². The second-order valence-corrected chi connectivity index (χ2v) is 7.38. The lowest BCUT2D eigenvalue weighted by Gasteiger charge is -2.12. The maximum Gasteiger partial charge on any atom is 0.0500 e. The minimum Gasteiger partial charge on any atom is -0.354 e. The molecular formula is C19H19IN2. The predicted octanol–water partition coefficient (Wildman–Crippen LogP) is 4.52. The fourth-order valence-corrected chi connectivity index (χ4v) is 4.04. The Morgan fingerprint density at radius 2 is 2.00 bits per heavy atom. The van der Waals surface area contributed by atoms with Gasteiger partial charge in [0, 0.05) is 26.1 Å². The van der Waals surface area contributed by atoms with Crippen molar-refractivity contribution in [3.05, 3.63) is 57.2 Å². The van der Waals surface area contributed by atoms with E-state index in [1.807, 2.05) is 0 Å². The lowest BCUT2D eigenvalue weighted by atomic mass is 9.97. The van der Waals surface area contributed by atoms with Crippen molar-refractivity contribution in [2.75, 3.05) is 6.54 Å². The fraction of sp³-hybridized carbons (Fsp3) is 0.263. The number of H-pyrrole nitrogens is 1. The van der Waals surface area contributed by atoms with Crippen molar-refractivity contribution >= 4 is 33.5 Å². The van der Waals surface area contributed by atoms with Crippen molar-refractivity contribution in [3.8, 4) is 11.3 Å². The molecule has 22 heavy (non-hydrogen) atoms. The van der Waals surface area contributed by atoms with Crippen LogP contribution in [-0.4, -0.2) is 17.6 Å². The van der Waals surface area contributed by atoms with E-state index >= 15 is 0 Å². The topological polar surface area (TPSA) is 27.8 Å². The molecule has 0 spiro atoms. The van der Waals surface area contributed by atoms with Gasteiger partial charge in [-0.3, -0.25) is 0 Å². The zero-order chi connectivity index (χ0) is 15.1. The Kier molecular flexibility index (Phi) is 3.70. The molecule has 2 aromatic carbocycles. The highest BCUT2D eigenvalue weighted by molar-refractivity contribution is 14.1. The van der Waals surface area contributed by atoms with Crippen molar-refractivity contribution < 1.29 is 0 Å². The van der Waals surface area contributed by atoms with Gasteiger partial charge >= 0.3 is 0 Å². The molecule has 0 saturated carbocycles. The largest absolute Gasteiger partial charge is 0.354 e. The molecule has 1 aliphatic heterocycles. The highest BCUT2D eigenvalue weighted by Crippen LogP contribution is 2.34. The summed E-state index contributed by atoms with van der Waals surface area (Å²) in [6, 6.07) is 16.0. The van der Waals surface area contributed by atoms with Crippen LogP contribution in [0.1, 0.15) is 18.1 Å². The first-order valence-electron chi connectivity index (χ1n) is 7.84. The Labute approximate surface area is 144 Å². The van der Waals surface area contributed by atoms with E-state index in [1.54, 1.807) is 0 Å². The van der Waals surface area contributed by atoms with Crippen LogP contribution in [0.4, 0.5) is 0 Å². The SMILES string of the molecule is C[C@@H]1Cc2c([nH]c3ccccc23)-c2ccc(I)cc2CCN1. The standard InChI is InChI=1S/C19H19IN2/c1-12-10-17-16-4-2-3-5-18(16)22-19(17)15-7-6-14(20)11-13(15)8-9-21-12/h2-7,11-12,21-22H,8-10H2,1H3/t12-/m1/s1. The molecule has 1 atom stereocenters. The van der Waals surface area contributed by atoms with Gasteiger partial charge in [-0.2, -0.15) is 0 Å². The van der Waals surface area contributed by atoms with E-state index in [-0.39, 0.29) is 0 Å². The lowest BCUT2D eigenvalue weighted by molar-refractivity contribution is 0.552. The van der Waals surface area contributed by atoms with E-state index in [9.17, 15) is 0 Å². The summed E-state index contributed by atoms with van der Waals surface area (Å²) in [6.07, 6.45) is 2.14. The molecule has 1 aliphatic rings. The monoisotopic (exact) mass is 402 g/mol. The molecule has 0 radical (unpaired) electrons. The molecule has 3 aromatic rings. The third-order valence-electron chi connectivity index (χ3n) is 4.55. The van der Waals surface area contributed by atoms with Crippen molar-refractivity contribution in [2.24, 2.45) is 0 Å². The number of aromatic amines is 1. The Morgan fingerprint density at radius 3 is 2.91 bits per heavy atom. The van der Waals surface area contributed by atoms with Gasteiger partial charge < -0.3 is 10.3 Å². The minimum atomic E-state index is 0.492. The number of para-hydroxylation sites is 1. The number of nitrogens with one attached hydrogen (secondary N) is 2. The molecule has 0 aliphatic carbocycles. The van der Waals surface area contributed by atoms with E-state index in [2.05, 4.69) is 82.3 Å². The van der Waals surface area contributed by atoms with Crippen LogP contribution in [0.2, 0.25) is 0 Å². The molecule has 0 amide bonds. The first-order valence-corrected chi connectivity index (χ1v) is 8.92. The Bertz CT molecular complexity index is 835. The molecule has 2 N–H and O–H groups in total. The molecule has 2 heterocycles. The van der Waals surface area contributed by atoms with Crippen LogP contribution in [0, 0.1) is 3.57 Å². The van der Waals surface area contributed by atoms with Crippen LogP contribution in [0.3, 0.4) is 0 Å². The number of benzene rings is 2. The summed E-state index contributed by atoms with van der Waals surface area (Å²) in [5.74, 6) is 0. The molecular weight excluding hydrogens is 383 g/mol. The number of aromatic nitrogens is 1. The molecule has 1 aromatic heterocycles. The van der Waals surface area contributed by atoms with E-state index in [0.717, 1.165) is 19.4 Å². The molecule has 0 bridgehead atoms. The summed E-state index contributed by atoms with van der Waals surface area (Å²) in [7, 11) is 0. The summed E-state index contributed by atoms with van der Waals surface area (Å²) < 4.78 is 1.31. The zero-order valence-corrected chi connectivity index (χ0v) is 14.8. The van der Waals surface area contributed by atoms with Gasteiger partial charge in [-0.1, -0.05) is 24.3 Å². The average molecular weight is 402 g/mol. The van der Waals surface area contributed by atoms with E-state index in [1.165, 1.54) is 36.9 Å². The highest BCUT2D eigenvalue weighted by atomic mass is 127. The molecule has 3 heteroatoms. The van der Waals surface area contributed by atoms with Crippen molar-refractivity contribution in [1.29, 1.82) is 0 Å². The summed E-state index contributed by atoms with van der Waals surface area (Å²) >= 11 is 2.41. The van der Waals surface area contributed by atoms with Crippen molar-refractivity contribution in [1.82, 2.24) is 10.3 Å². The van der Waals surface area contributed by atoms with Gasteiger partial charge in [0.25, 0.3) is 0 Å². The lowest BCUT2D eigenvalue weighted by Crippen LogP contribution is -2.29. The predicted molar refractivity (Wildman–Crippen MR) is 101 cm³/mol. The average Bonchev–Trinajstić information content (AvgIpc) is 2.87. The maximum atomic E-state index is 3.68. The third kappa shape index (κ3) is 2.46. The van der Waals surface area contributed by atoms with Gasteiger partial charge in [0.05, 0.1) is 5.69 Å². The van der Waals surface area contributed by atoms with Gasteiger partial charge in [0.2, 0.25) is 0 Å². The van der Waals surface area contributed by atoms with Gasteiger partial charge in [0.1, 0.15) is 0 Å². The second-order valence-electron chi connectivity index (χ2n) is 6.13. The van der Waals surface area contributed by atoms with Crippen LogP contribution in [0.5, 0.6) is 0 Å². The number of rotatable bonds is 0. The fourth-order valence-electron chi connectivity index (χ4n) is 3.49. The molecule has 4 rings (SSSR count). The minimum absolute atomic E-state index is 0.492. The maximum absolute atomic E-state index is 3.68. The number of halogens is 1. The van der Waals surface area contributed by atoms with Gasteiger partial charge in [-0.15, -0.1) is 0 Å². The highest BCUT2D eigenvalue weighted by Gasteiger charge is 2.19. The molecule has 0 unspecified atom stereocenters. The van der Waals surface area contributed by atoms with Crippen molar-refractivity contribution in [2.45, 2.75) is 25.8 Å². The Balaban J connectivity index is 2.01. The first-order chi connectivity index (χ1) is 10.7. The summed E-state index contributed by atoms with van der Waals surface area (Å²) in [4.78, 5) is 3.68. The molecule has 0 saturated heterocycles. The number of hydrogen-bond acceptors (Lipinski definition) is 1. The van der Waals surface area contributed by atoms with Crippen LogP contribution in [0.15, 0.2) is 42.5 Å². The summed E-state index contributed by atoms with van der Waals surface area (Å²) in [6.45, 7) is 3.32. The van der Waals surface area contributed by atoms with E-state index in [0.29, 0.717) is 6.04 Å². The van der Waals surface area contributed by atoms with Gasteiger partial charge in [-0.25, -0.2) is 0 Å². The smallest absolute Gasteiger partial charge is 0.0500 e. The quantitative estimate of drug-likeness (QED) is 0.532. The summed E-state index contributed by atoms with van der Waals surface area (Å²) in [5, 5.41) is 5.02. The first kappa shape index (κ1) is 14.3. The Hall–Kier alpha value is -1.33. The molecule has 2 nitrogen and oxygen atoms in total. The normalized spacial score (nSPS) is 18.2. The Morgan fingerprint density at radius 1 is 1.14 bits per heavy atom. The number of hydrogen-bond donors (Lipinski definition) is 2. The summed E-state index contributed by atoms with van der Waals surface area (Å²) in [5.41, 5.74) is 6.79. The van der Waals surface area contributed by atoms with E-state index < -0.39 is 0 Å². The van der Waals surface area contributed by atoms with Crippen LogP contribution >= 0.6 is 22.6 Å².